The van der Waals surface area contributed by atoms with Crippen LogP contribution in [-0.4, -0.2) is 61.0 Å². The SMILES string of the molecule is COc1cccc(N2CCN(C(=O)CS[C@H]3CCc4ccccc4NC3=O)CC2)c1. The first-order valence-corrected chi connectivity index (χ1v) is 11.4. The highest BCUT2D eigenvalue weighted by atomic mass is 32.2. The van der Waals surface area contributed by atoms with Crippen molar-refractivity contribution in [3.8, 4) is 5.75 Å². The molecule has 30 heavy (non-hydrogen) atoms. The molecule has 2 aliphatic heterocycles. The fraction of sp³-hybridized carbons (Fsp3) is 0.391. The summed E-state index contributed by atoms with van der Waals surface area (Å²) < 4.78 is 5.31. The fourth-order valence-corrected chi connectivity index (χ4v) is 4.96. The van der Waals surface area contributed by atoms with Gasteiger partial charge in [-0.2, -0.15) is 0 Å². The third-order valence-corrected chi connectivity index (χ3v) is 6.97. The van der Waals surface area contributed by atoms with Crippen LogP contribution >= 0.6 is 11.8 Å². The average Bonchev–Trinajstić information content (AvgIpc) is 2.95. The van der Waals surface area contributed by atoms with Crippen LogP contribution < -0.4 is 15.0 Å². The van der Waals surface area contributed by atoms with E-state index < -0.39 is 0 Å². The summed E-state index contributed by atoms with van der Waals surface area (Å²) in [4.78, 5) is 29.5. The number of nitrogens with one attached hydrogen (secondary N) is 1. The molecule has 1 atom stereocenters. The number of fused-ring (bicyclic) bond motifs is 1. The number of benzene rings is 2. The Labute approximate surface area is 181 Å². The van der Waals surface area contributed by atoms with Crippen molar-refractivity contribution in [2.75, 3.05) is 49.3 Å². The van der Waals surface area contributed by atoms with Crippen LogP contribution in [0.15, 0.2) is 48.5 Å². The molecule has 0 aliphatic carbocycles. The zero-order valence-corrected chi connectivity index (χ0v) is 18.0. The third kappa shape index (κ3) is 4.73. The van der Waals surface area contributed by atoms with Crippen LogP contribution in [0.5, 0.6) is 5.75 Å². The molecule has 2 amide bonds. The summed E-state index contributed by atoms with van der Waals surface area (Å²) in [6.45, 7) is 2.98. The second-order valence-corrected chi connectivity index (χ2v) is 8.75. The fourth-order valence-electron chi connectivity index (χ4n) is 3.93. The molecule has 2 aromatic carbocycles. The van der Waals surface area contributed by atoms with Gasteiger partial charge in [0.05, 0.1) is 18.1 Å². The monoisotopic (exact) mass is 425 g/mol. The lowest BCUT2D eigenvalue weighted by Gasteiger charge is -2.36. The van der Waals surface area contributed by atoms with E-state index in [1.54, 1.807) is 7.11 Å². The summed E-state index contributed by atoms with van der Waals surface area (Å²) in [5.74, 6) is 1.29. The Kier molecular flexibility index (Phi) is 6.47. The van der Waals surface area contributed by atoms with E-state index in [2.05, 4.69) is 22.3 Å². The Bertz CT molecular complexity index is 912. The maximum Gasteiger partial charge on any atom is 0.237 e. The Morgan fingerprint density at radius 3 is 2.73 bits per heavy atom. The molecule has 1 N–H and O–H groups in total. The van der Waals surface area contributed by atoms with Crippen molar-refractivity contribution in [2.45, 2.75) is 18.1 Å². The number of carbonyl (C=O) groups is 2. The van der Waals surface area contributed by atoms with Crippen molar-refractivity contribution in [1.29, 1.82) is 0 Å². The lowest BCUT2D eigenvalue weighted by atomic mass is 10.1. The molecule has 1 fully saturated rings. The number of ether oxygens (including phenoxy) is 1. The lowest BCUT2D eigenvalue weighted by Crippen LogP contribution is -2.49. The van der Waals surface area contributed by atoms with Gasteiger partial charge in [0.2, 0.25) is 11.8 Å². The number of amides is 2. The zero-order valence-electron chi connectivity index (χ0n) is 17.2. The van der Waals surface area contributed by atoms with Crippen LogP contribution in [0.2, 0.25) is 0 Å². The van der Waals surface area contributed by atoms with E-state index in [1.807, 2.05) is 41.3 Å². The van der Waals surface area contributed by atoms with Crippen LogP contribution in [0.25, 0.3) is 0 Å². The average molecular weight is 426 g/mol. The predicted octanol–water partition coefficient (Wildman–Crippen LogP) is 3.03. The maximum absolute atomic E-state index is 12.7. The van der Waals surface area contributed by atoms with Gasteiger partial charge in [0.1, 0.15) is 5.75 Å². The molecule has 2 aliphatic rings. The minimum Gasteiger partial charge on any atom is -0.497 e. The van der Waals surface area contributed by atoms with E-state index in [0.29, 0.717) is 18.8 Å². The molecule has 4 rings (SSSR count). The number of aryl methyl sites for hydroxylation is 1. The number of hydrogen-bond donors (Lipinski definition) is 1. The van der Waals surface area contributed by atoms with Gasteiger partial charge in [0.15, 0.2) is 0 Å². The predicted molar refractivity (Wildman–Crippen MR) is 121 cm³/mol. The third-order valence-electron chi connectivity index (χ3n) is 5.70. The van der Waals surface area contributed by atoms with Crippen LogP contribution in [0, 0.1) is 0 Å². The smallest absolute Gasteiger partial charge is 0.237 e. The molecule has 1 saturated heterocycles. The first kappa shape index (κ1) is 20.6. The van der Waals surface area contributed by atoms with Crippen molar-refractivity contribution in [3.05, 3.63) is 54.1 Å². The number of piperazine rings is 1. The van der Waals surface area contributed by atoms with E-state index in [4.69, 9.17) is 4.74 Å². The summed E-state index contributed by atoms with van der Waals surface area (Å²) in [6.07, 6.45) is 1.60. The molecule has 0 radical (unpaired) electrons. The molecule has 0 spiro atoms. The van der Waals surface area contributed by atoms with Crippen LogP contribution in [-0.2, 0) is 16.0 Å². The van der Waals surface area contributed by atoms with E-state index in [0.717, 1.165) is 48.6 Å². The molecule has 0 unspecified atom stereocenters. The molecule has 158 valence electrons. The summed E-state index contributed by atoms with van der Waals surface area (Å²) in [7, 11) is 1.67. The van der Waals surface area contributed by atoms with Gasteiger partial charge in [-0.3, -0.25) is 9.59 Å². The second kappa shape index (κ2) is 9.43. The minimum absolute atomic E-state index is 0.000550. The standard InChI is InChI=1S/C23H27N3O3S/c1-29-19-7-4-6-18(15-19)25-11-13-26(14-12-25)22(27)16-30-21-10-9-17-5-2-3-8-20(17)24-23(21)28/h2-8,15,21H,9-14,16H2,1H3,(H,24,28)/t21-/m0/s1. The molecule has 6 nitrogen and oxygen atoms in total. The van der Waals surface area contributed by atoms with Gasteiger partial charge < -0.3 is 19.9 Å². The molecule has 2 heterocycles. The molecular formula is C23H27N3O3S. The first-order valence-electron chi connectivity index (χ1n) is 10.3. The topological polar surface area (TPSA) is 61.9 Å². The Balaban J connectivity index is 1.27. The highest BCUT2D eigenvalue weighted by molar-refractivity contribution is 8.01. The van der Waals surface area contributed by atoms with Gasteiger partial charge >= 0.3 is 0 Å². The maximum atomic E-state index is 12.7. The molecule has 2 aromatic rings. The number of carbonyl (C=O) groups excluding carboxylic acids is 2. The van der Waals surface area contributed by atoms with Crippen molar-refractivity contribution < 1.29 is 14.3 Å². The van der Waals surface area contributed by atoms with E-state index in [9.17, 15) is 9.59 Å². The van der Waals surface area contributed by atoms with Gasteiger partial charge in [-0.1, -0.05) is 24.3 Å². The summed E-state index contributed by atoms with van der Waals surface area (Å²) in [5.41, 5.74) is 3.17. The van der Waals surface area contributed by atoms with Gasteiger partial charge in [-0.05, 0) is 36.6 Å². The van der Waals surface area contributed by atoms with Crippen LogP contribution in [0.3, 0.4) is 0 Å². The summed E-state index contributed by atoms with van der Waals surface area (Å²) >= 11 is 1.46. The first-order chi connectivity index (χ1) is 14.6. The van der Waals surface area contributed by atoms with Crippen molar-refractivity contribution >= 4 is 35.0 Å². The minimum atomic E-state index is -0.195. The molecule has 0 aromatic heterocycles. The molecule has 0 bridgehead atoms. The van der Waals surface area contributed by atoms with Gasteiger partial charge in [0, 0.05) is 43.6 Å². The number of para-hydroxylation sites is 1. The van der Waals surface area contributed by atoms with Gasteiger partial charge in [-0.25, -0.2) is 0 Å². The Hall–Kier alpha value is -2.67. The number of methoxy groups -OCH3 is 1. The molecular weight excluding hydrogens is 398 g/mol. The number of anilines is 2. The van der Waals surface area contributed by atoms with E-state index >= 15 is 0 Å². The highest BCUT2D eigenvalue weighted by Gasteiger charge is 2.27. The number of hydrogen-bond acceptors (Lipinski definition) is 5. The van der Waals surface area contributed by atoms with E-state index in [1.165, 1.54) is 11.8 Å². The van der Waals surface area contributed by atoms with Gasteiger partial charge in [-0.15, -0.1) is 11.8 Å². The summed E-state index contributed by atoms with van der Waals surface area (Å²) in [5, 5.41) is 2.81. The molecule has 7 heteroatoms. The Morgan fingerprint density at radius 2 is 1.93 bits per heavy atom. The van der Waals surface area contributed by atoms with E-state index in [-0.39, 0.29) is 17.1 Å². The number of thioether (sulfide) groups is 1. The van der Waals surface area contributed by atoms with Crippen molar-refractivity contribution in [1.82, 2.24) is 4.90 Å². The number of nitrogens with zero attached hydrogens (tertiary/aromatic N) is 2. The highest BCUT2D eigenvalue weighted by Crippen LogP contribution is 2.27. The Morgan fingerprint density at radius 1 is 1.13 bits per heavy atom. The van der Waals surface area contributed by atoms with Crippen LogP contribution in [0.1, 0.15) is 12.0 Å². The normalized spacial score (nSPS) is 19.0. The summed E-state index contributed by atoms with van der Waals surface area (Å²) in [6, 6.07) is 15.9. The van der Waals surface area contributed by atoms with Crippen LogP contribution in [0.4, 0.5) is 11.4 Å². The van der Waals surface area contributed by atoms with Crippen molar-refractivity contribution in [2.24, 2.45) is 0 Å². The van der Waals surface area contributed by atoms with Gasteiger partial charge in [0.25, 0.3) is 0 Å². The lowest BCUT2D eigenvalue weighted by molar-refractivity contribution is -0.128. The zero-order chi connectivity index (χ0) is 20.9. The quantitative estimate of drug-likeness (QED) is 0.798. The second-order valence-electron chi connectivity index (χ2n) is 7.55. The van der Waals surface area contributed by atoms with Crippen molar-refractivity contribution in [3.63, 3.8) is 0 Å². The largest absolute Gasteiger partial charge is 0.497 e. The molecule has 0 saturated carbocycles. The number of rotatable bonds is 5.